The molecule has 2 fully saturated rings. The molecule has 2 aromatic rings. The van der Waals surface area contributed by atoms with Crippen LogP contribution in [0.2, 0.25) is 0 Å². The number of carbonyl (C=O) groups excluding carboxylic acids is 2. The maximum atomic E-state index is 12.6. The smallest absolute Gasteiger partial charge is 0.410 e. The number of amides is 2. The summed E-state index contributed by atoms with van der Waals surface area (Å²) in [6.45, 7) is 15.7. The van der Waals surface area contributed by atoms with E-state index < -0.39 is 11.2 Å². The Balaban J connectivity index is 1.29. The third-order valence-corrected chi connectivity index (χ3v) is 7.56. The van der Waals surface area contributed by atoms with Crippen LogP contribution in [-0.4, -0.2) is 64.0 Å². The quantitative estimate of drug-likeness (QED) is 0.429. The molecule has 8 heteroatoms. The zero-order valence-corrected chi connectivity index (χ0v) is 24.2. The van der Waals surface area contributed by atoms with E-state index in [1.165, 1.54) is 5.56 Å². The van der Waals surface area contributed by atoms with Crippen LogP contribution in [0.15, 0.2) is 22.7 Å². The molecule has 2 saturated heterocycles. The molecule has 38 heavy (non-hydrogen) atoms. The Morgan fingerprint density at radius 2 is 1.63 bits per heavy atom. The van der Waals surface area contributed by atoms with Crippen LogP contribution in [0.4, 0.5) is 9.59 Å². The van der Waals surface area contributed by atoms with Crippen molar-refractivity contribution in [3.8, 4) is 0 Å². The Hall–Kier alpha value is -2.77. The summed E-state index contributed by atoms with van der Waals surface area (Å²) in [6.07, 6.45) is 5.33. The van der Waals surface area contributed by atoms with Crippen molar-refractivity contribution in [1.82, 2.24) is 15.0 Å². The van der Waals surface area contributed by atoms with Crippen molar-refractivity contribution < 1.29 is 23.6 Å². The highest BCUT2D eigenvalue weighted by Gasteiger charge is 2.34. The van der Waals surface area contributed by atoms with Crippen LogP contribution in [-0.2, 0) is 15.9 Å². The number of carbonyl (C=O) groups is 2. The molecule has 210 valence electrons. The molecular weight excluding hydrogens is 482 g/mol. The highest BCUT2D eigenvalue weighted by molar-refractivity contribution is 5.80. The van der Waals surface area contributed by atoms with E-state index in [0.29, 0.717) is 12.5 Å². The van der Waals surface area contributed by atoms with Crippen molar-refractivity contribution in [3.63, 3.8) is 0 Å². The van der Waals surface area contributed by atoms with Crippen LogP contribution in [0.5, 0.6) is 0 Å². The number of hydrogen-bond donors (Lipinski definition) is 0. The number of aryl methyl sites for hydroxylation is 1. The summed E-state index contributed by atoms with van der Waals surface area (Å²) in [5.41, 5.74) is 2.13. The number of rotatable bonds is 4. The Morgan fingerprint density at radius 3 is 2.26 bits per heavy atom. The van der Waals surface area contributed by atoms with Gasteiger partial charge in [-0.2, -0.15) is 0 Å². The molecular formula is C30H45N3O5. The van der Waals surface area contributed by atoms with Gasteiger partial charge in [-0.3, -0.25) is 0 Å². The van der Waals surface area contributed by atoms with E-state index in [-0.39, 0.29) is 24.1 Å². The first-order chi connectivity index (χ1) is 17.8. The van der Waals surface area contributed by atoms with Crippen molar-refractivity contribution in [2.24, 2.45) is 5.92 Å². The van der Waals surface area contributed by atoms with Crippen LogP contribution >= 0.6 is 0 Å². The predicted molar refractivity (Wildman–Crippen MR) is 147 cm³/mol. The average Bonchev–Trinajstić information content (AvgIpc) is 3.24. The van der Waals surface area contributed by atoms with Crippen molar-refractivity contribution in [2.75, 3.05) is 19.6 Å². The first-order valence-electron chi connectivity index (χ1n) is 14.1. The van der Waals surface area contributed by atoms with Gasteiger partial charge in [-0.25, -0.2) is 9.59 Å². The lowest BCUT2D eigenvalue weighted by molar-refractivity contribution is 0.0101. The molecule has 0 saturated carbocycles. The minimum atomic E-state index is -0.495. The Morgan fingerprint density at radius 1 is 0.974 bits per heavy atom. The van der Waals surface area contributed by atoms with E-state index in [0.717, 1.165) is 68.3 Å². The summed E-state index contributed by atoms with van der Waals surface area (Å²) in [5, 5.41) is 5.54. The Bertz CT molecular complexity index is 1120. The molecule has 2 aliphatic heterocycles. The second kappa shape index (κ2) is 11.1. The molecule has 0 bridgehead atoms. The lowest BCUT2D eigenvalue weighted by atomic mass is 9.87. The zero-order chi connectivity index (χ0) is 27.7. The number of likely N-dealkylation sites (tertiary alicyclic amines) is 2. The summed E-state index contributed by atoms with van der Waals surface area (Å²) in [5.74, 6) is 0.859. The lowest BCUT2D eigenvalue weighted by Gasteiger charge is -2.37. The summed E-state index contributed by atoms with van der Waals surface area (Å²) in [4.78, 5) is 28.6. The van der Waals surface area contributed by atoms with E-state index >= 15 is 0 Å². The minimum Gasteiger partial charge on any atom is -0.444 e. The van der Waals surface area contributed by atoms with E-state index in [9.17, 15) is 9.59 Å². The van der Waals surface area contributed by atoms with Crippen LogP contribution in [0.1, 0.15) is 97.7 Å². The average molecular weight is 528 g/mol. The van der Waals surface area contributed by atoms with Crippen molar-refractivity contribution in [3.05, 3.63) is 29.5 Å². The van der Waals surface area contributed by atoms with Crippen LogP contribution < -0.4 is 0 Å². The molecule has 0 N–H and O–H groups in total. The number of hydrogen-bond acceptors (Lipinski definition) is 6. The molecule has 3 heterocycles. The Kier molecular flexibility index (Phi) is 8.29. The Labute approximate surface area is 227 Å². The SMILES string of the molecule is CC1CC(c2noc3cc(CCC4CCN(C(=O)OC(C)(C)C)CC4)ccc23)CCN1C(=O)OC(C)(C)C. The topological polar surface area (TPSA) is 85.1 Å². The number of ether oxygens (including phenoxy) is 2. The highest BCUT2D eigenvalue weighted by Crippen LogP contribution is 2.36. The largest absolute Gasteiger partial charge is 0.444 e. The summed E-state index contributed by atoms with van der Waals surface area (Å²) in [7, 11) is 0. The molecule has 0 aliphatic carbocycles. The fourth-order valence-corrected chi connectivity index (χ4v) is 5.57. The molecule has 2 aliphatic rings. The van der Waals surface area contributed by atoms with Gasteiger partial charge in [0.1, 0.15) is 11.2 Å². The normalized spacial score (nSPS) is 21.6. The zero-order valence-electron chi connectivity index (χ0n) is 24.2. The standard InChI is InChI=1S/C30H45N3O5/c1-20-18-23(14-17-33(20)28(35)37-30(5,6)7)26-24-11-10-22(19-25(24)38-31-26)9-8-21-12-15-32(16-13-21)27(34)36-29(2,3)4/h10-11,19-21,23H,8-9,12-18H2,1-7H3. The first kappa shape index (κ1) is 28.2. The molecule has 1 aromatic carbocycles. The third-order valence-electron chi connectivity index (χ3n) is 7.56. The minimum absolute atomic E-state index is 0.0800. The van der Waals surface area contributed by atoms with Crippen molar-refractivity contribution in [2.45, 2.75) is 110 Å². The van der Waals surface area contributed by atoms with E-state index in [4.69, 9.17) is 14.0 Å². The number of nitrogens with zero attached hydrogens (tertiary/aromatic N) is 3. The summed E-state index contributed by atoms with van der Waals surface area (Å²) >= 11 is 0. The molecule has 0 radical (unpaired) electrons. The number of fused-ring (bicyclic) bond motifs is 1. The second-order valence-corrected chi connectivity index (χ2v) is 13.1. The molecule has 8 nitrogen and oxygen atoms in total. The number of piperidine rings is 2. The third kappa shape index (κ3) is 7.20. The fourth-order valence-electron chi connectivity index (χ4n) is 5.57. The molecule has 2 amide bonds. The fraction of sp³-hybridized carbons (Fsp3) is 0.700. The van der Waals surface area contributed by atoms with Crippen LogP contribution in [0.25, 0.3) is 11.0 Å². The summed E-state index contributed by atoms with van der Waals surface area (Å²) in [6, 6.07) is 6.54. The monoisotopic (exact) mass is 527 g/mol. The van der Waals surface area contributed by atoms with Gasteiger partial charge in [0.05, 0.1) is 5.69 Å². The van der Waals surface area contributed by atoms with Gasteiger partial charge >= 0.3 is 12.2 Å². The maximum absolute atomic E-state index is 12.6. The molecule has 1 aromatic heterocycles. The van der Waals surface area contributed by atoms with Crippen molar-refractivity contribution in [1.29, 1.82) is 0 Å². The van der Waals surface area contributed by atoms with Gasteiger partial charge < -0.3 is 23.8 Å². The van der Waals surface area contributed by atoms with Gasteiger partial charge in [-0.1, -0.05) is 11.2 Å². The van der Waals surface area contributed by atoms with E-state index in [2.05, 4.69) is 30.3 Å². The maximum Gasteiger partial charge on any atom is 0.410 e. The first-order valence-corrected chi connectivity index (χ1v) is 14.1. The van der Waals surface area contributed by atoms with Gasteiger partial charge in [-0.15, -0.1) is 0 Å². The van der Waals surface area contributed by atoms with Gasteiger partial charge in [0.2, 0.25) is 0 Å². The van der Waals surface area contributed by atoms with Crippen LogP contribution in [0, 0.1) is 5.92 Å². The molecule has 2 unspecified atom stereocenters. The molecule has 0 spiro atoms. The number of aromatic nitrogens is 1. The predicted octanol–water partition coefficient (Wildman–Crippen LogP) is 6.91. The van der Waals surface area contributed by atoms with Gasteiger partial charge in [0.25, 0.3) is 0 Å². The van der Waals surface area contributed by atoms with E-state index in [1.807, 2.05) is 51.3 Å². The second-order valence-electron chi connectivity index (χ2n) is 13.1. The molecule has 4 rings (SSSR count). The van der Waals surface area contributed by atoms with E-state index in [1.54, 1.807) is 0 Å². The summed E-state index contributed by atoms with van der Waals surface area (Å²) < 4.78 is 16.9. The number of benzene rings is 1. The lowest BCUT2D eigenvalue weighted by Crippen LogP contribution is -2.46. The van der Waals surface area contributed by atoms with Gasteiger partial charge in [0, 0.05) is 37.0 Å². The van der Waals surface area contributed by atoms with Gasteiger partial charge in [0.15, 0.2) is 5.58 Å². The highest BCUT2D eigenvalue weighted by atomic mass is 16.6. The van der Waals surface area contributed by atoms with Gasteiger partial charge in [-0.05, 0) is 111 Å². The van der Waals surface area contributed by atoms with Crippen molar-refractivity contribution >= 4 is 23.2 Å². The molecule has 2 atom stereocenters. The van der Waals surface area contributed by atoms with Crippen LogP contribution in [0.3, 0.4) is 0 Å².